The van der Waals surface area contributed by atoms with E-state index in [1.54, 1.807) is 0 Å². The van der Waals surface area contributed by atoms with E-state index in [1.807, 2.05) is 86.3 Å². The summed E-state index contributed by atoms with van der Waals surface area (Å²) in [4.78, 5) is 34.5. The fourth-order valence-corrected chi connectivity index (χ4v) is 15.6. The van der Waals surface area contributed by atoms with Crippen molar-refractivity contribution < 1.29 is 28.6 Å². The van der Waals surface area contributed by atoms with Gasteiger partial charge in [-0.1, -0.05) is 167 Å². The van der Waals surface area contributed by atoms with Crippen LogP contribution in [0.3, 0.4) is 0 Å². The number of carbonyl (C=O) groups excluding carboxylic acids is 2. The highest BCUT2D eigenvalue weighted by Gasteiger charge is 2.51. The number of hydrogen-bond acceptors (Lipinski definition) is 6. The summed E-state index contributed by atoms with van der Waals surface area (Å²) in [5, 5.41) is 14.2. The molecule has 0 spiro atoms. The summed E-state index contributed by atoms with van der Waals surface area (Å²) in [6, 6.07) is 45.5. The second-order valence-electron chi connectivity index (χ2n) is 21.7. The first kappa shape index (κ1) is 51.9. The molecule has 5 aromatic carbocycles. The summed E-state index contributed by atoms with van der Waals surface area (Å²) >= 11 is 0. The van der Waals surface area contributed by atoms with Crippen LogP contribution in [0.1, 0.15) is 137 Å². The van der Waals surface area contributed by atoms with E-state index in [4.69, 9.17) is 13.9 Å². The number of aliphatic hydroxyl groups is 1. The van der Waals surface area contributed by atoms with Crippen LogP contribution in [0.5, 0.6) is 0 Å². The molecule has 1 heterocycles. The standard InChI is InChI=1S/C60H78N2O6Si/c1-10-60(36-22-23-37-60)61(38-39-68-69(57(3,4)5,51-27-16-12-17-28-51)52-29-18-13-19-30-52)55(64)53-31-21-20-24-47(53)34-35-50(63)41-48-33-32-45(2)40-54(48)56(65)62(42-46-43-66-59(8,9)67-44-46)58(6,7)49-25-14-11-15-26-49/h11-21,24-33,40,46,50,63H,10,22-23,34-39,41-44H2,1-9H3. The van der Waals surface area contributed by atoms with Gasteiger partial charge < -0.3 is 28.8 Å². The average molecular weight is 951 g/mol. The molecule has 0 bridgehead atoms. The van der Waals surface area contributed by atoms with E-state index < -0.39 is 25.7 Å². The molecule has 1 unspecified atom stereocenters. The van der Waals surface area contributed by atoms with Crippen molar-refractivity contribution in [2.45, 2.75) is 142 Å². The van der Waals surface area contributed by atoms with Gasteiger partial charge in [0.25, 0.3) is 20.1 Å². The highest BCUT2D eigenvalue weighted by atomic mass is 28.4. The van der Waals surface area contributed by atoms with Gasteiger partial charge in [0.15, 0.2) is 5.79 Å². The Morgan fingerprint density at radius 3 is 1.90 bits per heavy atom. The van der Waals surface area contributed by atoms with E-state index in [1.165, 1.54) is 10.4 Å². The van der Waals surface area contributed by atoms with Crippen LogP contribution in [0.2, 0.25) is 5.04 Å². The summed E-state index contributed by atoms with van der Waals surface area (Å²) in [7, 11) is -2.83. The zero-order chi connectivity index (χ0) is 49.5. The van der Waals surface area contributed by atoms with E-state index >= 15 is 9.59 Å². The van der Waals surface area contributed by atoms with Gasteiger partial charge >= 0.3 is 0 Å². The number of carbonyl (C=O) groups is 2. The molecule has 69 heavy (non-hydrogen) atoms. The minimum Gasteiger partial charge on any atom is -0.406 e. The van der Waals surface area contributed by atoms with Crippen LogP contribution >= 0.6 is 0 Å². The van der Waals surface area contributed by atoms with Gasteiger partial charge in [-0.2, -0.15) is 0 Å². The molecule has 8 nitrogen and oxygen atoms in total. The van der Waals surface area contributed by atoms with E-state index in [0.717, 1.165) is 54.4 Å². The van der Waals surface area contributed by atoms with Gasteiger partial charge in [0.1, 0.15) is 0 Å². The third kappa shape index (κ3) is 11.7. The fraction of sp³-hybridized carbons (Fsp3) is 0.467. The molecule has 0 radical (unpaired) electrons. The van der Waals surface area contributed by atoms with Crippen LogP contribution in [0.4, 0.5) is 0 Å². The number of aryl methyl sites for hydroxylation is 2. The number of aliphatic hydroxyl groups excluding tert-OH is 1. The quantitative estimate of drug-likeness (QED) is 0.0830. The van der Waals surface area contributed by atoms with Gasteiger partial charge in [-0.25, -0.2) is 0 Å². The summed E-state index contributed by atoms with van der Waals surface area (Å²) in [5.74, 6) is -0.743. The van der Waals surface area contributed by atoms with E-state index in [9.17, 15) is 5.11 Å². The average Bonchev–Trinajstić information content (AvgIpc) is 3.84. The molecule has 0 aromatic heterocycles. The Balaban J connectivity index is 1.11. The Morgan fingerprint density at radius 2 is 1.32 bits per heavy atom. The third-order valence-corrected chi connectivity index (χ3v) is 20.2. The molecule has 1 N–H and O–H groups in total. The predicted octanol–water partition coefficient (Wildman–Crippen LogP) is 11.0. The van der Waals surface area contributed by atoms with Gasteiger partial charge in [0.05, 0.1) is 31.5 Å². The lowest BCUT2D eigenvalue weighted by atomic mass is 9.88. The Hall–Kier alpha value is -4.90. The van der Waals surface area contributed by atoms with E-state index in [0.29, 0.717) is 63.3 Å². The molecule has 1 aliphatic carbocycles. The van der Waals surface area contributed by atoms with Crippen molar-refractivity contribution in [1.82, 2.24) is 9.80 Å². The molecule has 1 saturated heterocycles. The number of rotatable bonds is 19. The lowest BCUT2D eigenvalue weighted by molar-refractivity contribution is -0.263. The minimum absolute atomic E-state index is 0.0154. The molecule has 368 valence electrons. The molecular formula is C60H78N2O6Si. The van der Waals surface area contributed by atoms with Crippen molar-refractivity contribution in [3.63, 3.8) is 0 Å². The number of amides is 2. The highest BCUT2D eigenvalue weighted by molar-refractivity contribution is 6.99. The summed E-state index contributed by atoms with van der Waals surface area (Å²) in [6.45, 7) is 21.4. The molecule has 2 amide bonds. The van der Waals surface area contributed by atoms with Crippen molar-refractivity contribution in [1.29, 1.82) is 0 Å². The fourth-order valence-electron chi connectivity index (χ4n) is 11.1. The molecule has 1 atom stereocenters. The summed E-state index contributed by atoms with van der Waals surface area (Å²) < 4.78 is 19.5. The van der Waals surface area contributed by atoms with Crippen LogP contribution in [0.25, 0.3) is 0 Å². The number of benzene rings is 5. The Morgan fingerprint density at radius 1 is 0.754 bits per heavy atom. The molecule has 2 fully saturated rings. The second-order valence-corrected chi connectivity index (χ2v) is 26.0. The smallest absolute Gasteiger partial charge is 0.261 e. The van der Waals surface area contributed by atoms with Gasteiger partial charge in [-0.15, -0.1) is 0 Å². The largest absolute Gasteiger partial charge is 0.406 e. The monoisotopic (exact) mass is 951 g/mol. The number of nitrogens with zero attached hydrogens (tertiary/aromatic N) is 2. The Kier molecular flexibility index (Phi) is 16.6. The van der Waals surface area contributed by atoms with Crippen molar-refractivity contribution in [3.05, 3.63) is 167 Å². The predicted molar refractivity (Wildman–Crippen MR) is 282 cm³/mol. The highest BCUT2D eigenvalue weighted by Crippen LogP contribution is 2.41. The summed E-state index contributed by atoms with van der Waals surface area (Å²) in [6.07, 6.45) is 5.46. The summed E-state index contributed by atoms with van der Waals surface area (Å²) in [5.41, 5.74) is 4.07. The van der Waals surface area contributed by atoms with Crippen LogP contribution in [0, 0.1) is 12.8 Å². The molecule has 7 rings (SSSR count). The lowest BCUT2D eigenvalue weighted by Crippen LogP contribution is -2.67. The maximum atomic E-state index is 15.3. The minimum atomic E-state index is -2.83. The van der Waals surface area contributed by atoms with E-state index in [2.05, 4.69) is 119 Å². The van der Waals surface area contributed by atoms with Gasteiger partial charge in [0.2, 0.25) is 0 Å². The van der Waals surface area contributed by atoms with Crippen molar-refractivity contribution in [2.24, 2.45) is 5.92 Å². The normalized spacial score (nSPS) is 16.8. The molecule has 1 saturated carbocycles. The second kappa shape index (κ2) is 22.0. The Bertz CT molecular complexity index is 2410. The Labute approximate surface area is 414 Å². The van der Waals surface area contributed by atoms with Crippen LogP contribution in [0.15, 0.2) is 133 Å². The maximum absolute atomic E-state index is 15.3. The topological polar surface area (TPSA) is 88.5 Å². The van der Waals surface area contributed by atoms with Gasteiger partial charge in [-0.05, 0) is 117 Å². The molecule has 9 heteroatoms. The van der Waals surface area contributed by atoms with Crippen LogP contribution < -0.4 is 10.4 Å². The zero-order valence-corrected chi connectivity index (χ0v) is 43.9. The van der Waals surface area contributed by atoms with Crippen LogP contribution in [-0.2, 0) is 32.3 Å². The van der Waals surface area contributed by atoms with Crippen LogP contribution in [-0.4, -0.2) is 85.4 Å². The first-order valence-electron chi connectivity index (χ1n) is 25.5. The lowest BCUT2D eigenvalue weighted by Gasteiger charge is -2.45. The van der Waals surface area contributed by atoms with Gasteiger partial charge in [-0.3, -0.25) is 9.59 Å². The van der Waals surface area contributed by atoms with Crippen molar-refractivity contribution in [2.75, 3.05) is 32.9 Å². The first-order valence-corrected chi connectivity index (χ1v) is 27.4. The molecule has 5 aromatic rings. The molecule has 2 aliphatic rings. The van der Waals surface area contributed by atoms with Crippen molar-refractivity contribution in [3.8, 4) is 0 Å². The number of hydrogen-bond donors (Lipinski definition) is 1. The SMILES string of the molecule is CCC1(N(CCO[Si](c2ccccc2)(c2ccccc2)C(C)(C)C)C(=O)c2ccccc2CCC(O)Cc2ccc(C)cc2C(=O)N(CC2COC(C)(C)OC2)C(C)(C)c2ccccc2)CCCC1. The molecular weight excluding hydrogens is 873 g/mol. The maximum Gasteiger partial charge on any atom is 0.261 e. The van der Waals surface area contributed by atoms with E-state index in [-0.39, 0.29) is 28.3 Å². The molecule has 1 aliphatic heterocycles. The zero-order valence-electron chi connectivity index (χ0n) is 42.9. The third-order valence-electron chi connectivity index (χ3n) is 15.2. The number of ether oxygens (including phenoxy) is 2. The van der Waals surface area contributed by atoms with Gasteiger partial charge in [0, 0.05) is 35.7 Å². The van der Waals surface area contributed by atoms with Crippen molar-refractivity contribution >= 4 is 30.5 Å². The first-order chi connectivity index (χ1) is 32.9.